The Bertz CT molecular complexity index is 1350. The monoisotopic (exact) mass is 452 g/mol. The SMILES string of the molecule is O=C(Cc1n[nH]c(=O)c2ccccc12)NCc1ccccc1-c1ccc(CN2CCCC2)cc1. The van der Waals surface area contributed by atoms with Gasteiger partial charge in [-0.15, -0.1) is 0 Å². The van der Waals surface area contributed by atoms with Gasteiger partial charge in [0.15, 0.2) is 0 Å². The van der Waals surface area contributed by atoms with Gasteiger partial charge < -0.3 is 5.32 Å². The summed E-state index contributed by atoms with van der Waals surface area (Å²) >= 11 is 0. The molecule has 6 heteroatoms. The van der Waals surface area contributed by atoms with Crippen molar-refractivity contribution in [3.05, 3.63) is 100.0 Å². The molecule has 5 rings (SSSR count). The molecule has 0 saturated carbocycles. The van der Waals surface area contributed by atoms with Gasteiger partial charge in [0, 0.05) is 18.5 Å². The number of aromatic nitrogens is 2. The summed E-state index contributed by atoms with van der Waals surface area (Å²) in [4.78, 5) is 27.2. The van der Waals surface area contributed by atoms with E-state index in [1.807, 2.05) is 30.3 Å². The van der Waals surface area contributed by atoms with Crippen LogP contribution in [0.25, 0.3) is 21.9 Å². The predicted octanol–water partition coefficient (Wildman–Crippen LogP) is 4.04. The van der Waals surface area contributed by atoms with E-state index >= 15 is 0 Å². The molecule has 0 bridgehead atoms. The zero-order valence-electron chi connectivity index (χ0n) is 19.1. The van der Waals surface area contributed by atoms with E-state index in [0.717, 1.165) is 23.2 Å². The summed E-state index contributed by atoms with van der Waals surface area (Å²) in [5.41, 5.74) is 4.96. The highest BCUT2D eigenvalue weighted by Gasteiger charge is 2.13. The van der Waals surface area contributed by atoms with Gasteiger partial charge in [0.25, 0.3) is 5.56 Å². The molecule has 2 N–H and O–H groups in total. The molecule has 0 aliphatic carbocycles. The molecule has 3 aromatic carbocycles. The molecule has 0 spiro atoms. The first kappa shape index (κ1) is 22.0. The van der Waals surface area contributed by atoms with E-state index in [4.69, 9.17) is 0 Å². The number of amides is 1. The van der Waals surface area contributed by atoms with Crippen LogP contribution in [0.2, 0.25) is 0 Å². The molecule has 0 atom stereocenters. The number of fused-ring (bicyclic) bond motifs is 1. The van der Waals surface area contributed by atoms with Crippen molar-refractivity contribution in [1.29, 1.82) is 0 Å². The van der Waals surface area contributed by atoms with Crippen molar-refractivity contribution in [2.75, 3.05) is 13.1 Å². The maximum absolute atomic E-state index is 12.7. The van der Waals surface area contributed by atoms with Crippen molar-refractivity contribution >= 4 is 16.7 Å². The molecule has 1 saturated heterocycles. The number of nitrogens with zero attached hydrogens (tertiary/aromatic N) is 2. The highest BCUT2D eigenvalue weighted by Crippen LogP contribution is 2.25. The molecule has 1 aliphatic heterocycles. The van der Waals surface area contributed by atoms with Crippen molar-refractivity contribution in [3.8, 4) is 11.1 Å². The van der Waals surface area contributed by atoms with Gasteiger partial charge in [-0.2, -0.15) is 5.10 Å². The third kappa shape index (κ3) is 4.92. The first-order chi connectivity index (χ1) is 16.7. The largest absolute Gasteiger partial charge is 0.352 e. The second-order valence-electron chi connectivity index (χ2n) is 8.84. The van der Waals surface area contributed by atoms with Gasteiger partial charge in [-0.05, 0) is 54.3 Å². The Kier molecular flexibility index (Phi) is 6.49. The number of carbonyl (C=O) groups excluding carboxylic acids is 1. The van der Waals surface area contributed by atoms with Crippen LogP contribution in [0.1, 0.15) is 29.7 Å². The van der Waals surface area contributed by atoms with E-state index in [1.165, 1.54) is 31.5 Å². The Morgan fingerprint density at radius 1 is 0.912 bits per heavy atom. The van der Waals surface area contributed by atoms with E-state index in [0.29, 0.717) is 23.0 Å². The summed E-state index contributed by atoms with van der Waals surface area (Å²) in [7, 11) is 0. The van der Waals surface area contributed by atoms with Gasteiger partial charge in [-0.3, -0.25) is 14.5 Å². The van der Waals surface area contributed by atoms with Crippen molar-refractivity contribution < 1.29 is 4.79 Å². The minimum Gasteiger partial charge on any atom is -0.352 e. The van der Waals surface area contributed by atoms with Crippen LogP contribution in [-0.4, -0.2) is 34.1 Å². The standard InChI is InChI=1S/C28H28N4O2/c33-27(17-26-24-9-3-4-10-25(24)28(34)31-30-26)29-18-22-7-1-2-8-23(22)21-13-11-20(12-14-21)19-32-15-5-6-16-32/h1-4,7-14H,5-6,15-19H2,(H,29,33)(H,31,34). The average Bonchev–Trinajstić information content (AvgIpc) is 3.38. The number of benzene rings is 3. The third-order valence-electron chi connectivity index (χ3n) is 6.47. The van der Waals surface area contributed by atoms with Gasteiger partial charge in [-0.1, -0.05) is 66.7 Å². The Balaban J connectivity index is 1.27. The number of H-pyrrole nitrogens is 1. The molecule has 1 aliphatic rings. The highest BCUT2D eigenvalue weighted by molar-refractivity contribution is 5.88. The molecule has 1 aromatic heterocycles. The van der Waals surface area contributed by atoms with Crippen molar-refractivity contribution in [2.45, 2.75) is 32.4 Å². The van der Waals surface area contributed by atoms with Gasteiger partial charge in [0.1, 0.15) is 0 Å². The predicted molar refractivity (Wildman–Crippen MR) is 134 cm³/mol. The number of hydrogen-bond acceptors (Lipinski definition) is 4. The van der Waals surface area contributed by atoms with Crippen LogP contribution in [0, 0.1) is 0 Å². The molecule has 6 nitrogen and oxygen atoms in total. The molecule has 172 valence electrons. The molecular formula is C28H28N4O2. The number of rotatable bonds is 7. The first-order valence-corrected chi connectivity index (χ1v) is 11.8. The highest BCUT2D eigenvalue weighted by atomic mass is 16.1. The average molecular weight is 453 g/mol. The minimum absolute atomic E-state index is 0.102. The molecule has 1 amide bonds. The number of nitrogens with one attached hydrogen (secondary N) is 2. The van der Waals surface area contributed by atoms with Crippen LogP contribution >= 0.6 is 0 Å². The summed E-state index contributed by atoms with van der Waals surface area (Å²) in [6, 6.07) is 24.1. The summed E-state index contributed by atoms with van der Waals surface area (Å²) in [5.74, 6) is -0.138. The van der Waals surface area contributed by atoms with E-state index in [-0.39, 0.29) is 17.9 Å². The number of aromatic amines is 1. The van der Waals surface area contributed by atoms with E-state index < -0.39 is 0 Å². The maximum Gasteiger partial charge on any atom is 0.272 e. The number of carbonyl (C=O) groups is 1. The second kappa shape index (κ2) is 10.0. The smallest absolute Gasteiger partial charge is 0.272 e. The maximum atomic E-state index is 12.7. The van der Waals surface area contributed by atoms with Crippen LogP contribution in [-0.2, 0) is 24.3 Å². The Labute approximate surface area is 198 Å². The van der Waals surface area contributed by atoms with Crippen molar-refractivity contribution in [3.63, 3.8) is 0 Å². The van der Waals surface area contributed by atoms with Gasteiger partial charge in [-0.25, -0.2) is 5.10 Å². The lowest BCUT2D eigenvalue weighted by Gasteiger charge is -2.15. The Morgan fingerprint density at radius 3 is 2.41 bits per heavy atom. The lowest BCUT2D eigenvalue weighted by molar-refractivity contribution is -0.120. The fourth-order valence-electron chi connectivity index (χ4n) is 4.66. The molecular weight excluding hydrogens is 424 g/mol. The van der Waals surface area contributed by atoms with Crippen LogP contribution < -0.4 is 10.9 Å². The summed E-state index contributed by atoms with van der Waals surface area (Å²) in [6.07, 6.45) is 2.70. The second-order valence-corrected chi connectivity index (χ2v) is 8.84. The van der Waals surface area contributed by atoms with Gasteiger partial charge >= 0.3 is 0 Å². The fraction of sp³-hybridized carbons (Fsp3) is 0.250. The zero-order chi connectivity index (χ0) is 23.3. The molecule has 0 unspecified atom stereocenters. The zero-order valence-corrected chi connectivity index (χ0v) is 19.1. The van der Waals surface area contributed by atoms with Crippen LogP contribution in [0.15, 0.2) is 77.6 Å². The lowest BCUT2D eigenvalue weighted by Crippen LogP contribution is -2.26. The van der Waals surface area contributed by atoms with Crippen LogP contribution in [0.4, 0.5) is 0 Å². The van der Waals surface area contributed by atoms with Crippen LogP contribution in [0.3, 0.4) is 0 Å². The topological polar surface area (TPSA) is 78.1 Å². The molecule has 0 radical (unpaired) electrons. The lowest BCUT2D eigenvalue weighted by atomic mass is 9.98. The van der Waals surface area contributed by atoms with Gasteiger partial charge in [0.2, 0.25) is 5.91 Å². The molecule has 34 heavy (non-hydrogen) atoms. The number of hydrogen-bond donors (Lipinski definition) is 2. The van der Waals surface area contributed by atoms with Crippen molar-refractivity contribution in [1.82, 2.24) is 20.4 Å². The van der Waals surface area contributed by atoms with Crippen LogP contribution in [0.5, 0.6) is 0 Å². The summed E-state index contributed by atoms with van der Waals surface area (Å²) in [6.45, 7) is 3.81. The van der Waals surface area contributed by atoms with Crippen molar-refractivity contribution in [2.24, 2.45) is 0 Å². The minimum atomic E-state index is -0.250. The quantitative estimate of drug-likeness (QED) is 0.444. The fourth-order valence-corrected chi connectivity index (χ4v) is 4.66. The summed E-state index contributed by atoms with van der Waals surface area (Å²) in [5, 5.41) is 10.9. The van der Waals surface area contributed by atoms with Gasteiger partial charge in [0.05, 0.1) is 17.5 Å². The normalized spacial score (nSPS) is 13.9. The molecule has 2 heterocycles. The summed E-state index contributed by atoms with van der Waals surface area (Å²) < 4.78 is 0. The molecule has 1 fully saturated rings. The first-order valence-electron chi connectivity index (χ1n) is 11.8. The Hall–Kier alpha value is -3.77. The number of likely N-dealkylation sites (tertiary alicyclic amines) is 1. The molecule has 4 aromatic rings. The van der Waals surface area contributed by atoms with E-state index in [9.17, 15) is 9.59 Å². The third-order valence-corrected chi connectivity index (χ3v) is 6.47. The van der Waals surface area contributed by atoms with E-state index in [2.05, 4.69) is 50.7 Å². The van der Waals surface area contributed by atoms with E-state index in [1.54, 1.807) is 12.1 Å². The Morgan fingerprint density at radius 2 is 1.62 bits per heavy atom.